The van der Waals surface area contributed by atoms with Gasteiger partial charge < -0.3 is 43.8 Å². The van der Waals surface area contributed by atoms with Crippen molar-refractivity contribution in [1.29, 1.82) is 0 Å². The molecule has 2 aromatic carbocycles. The molecule has 3 heterocycles. The Balaban J connectivity index is 1.64. The highest BCUT2D eigenvalue weighted by Gasteiger charge is 2.44. The van der Waals surface area contributed by atoms with Crippen molar-refractivity contribution in [3.8, 4) is 17.2 Å². The molecule has 0 unspecified atom stereocenters. The third-order valence-electron chi connectivity index (χ3n) is 5.77. The summed E-state index contributed by atoms with van der Waals surface area (Å²) in [4.78, 5) is 25.3. The number of hydrogen-bond donors (Lipinski definition) is 4. The molecule has 1 saturated heterocycles. The summed E-state index contributed by atoms with van der Waals surface area (Å²) in [5.41, 5.74) is -0.502. The minimum Gasteiger partial charge on any atom is -0.462 e. The lowest BCUT2D eigenvalue weighted by Crippen LogP contribution is -2.60. The fourth-order valence-corrected chi connectivity index (χ4v) is 4.13. The van der Waals surface area contributed by atoms with Crippen LogP contribution in [-0.4, -0.2) is 70.3 Å². The van der Waals surface area contributed by atoms with Crippen molar-refractivity contribution in [1.82, 2.24) is 0 Å². The maximum Gasteiger partial charge on any atom is 0.348 e. The second kappa shape index (κ2) is 7.97. The Labute approximate surface area is 185 Å². The normalized spacial score (nSPS) is 26.6. The van der Waals surface area contributed by atoms with E-state index in [1.807, 2.05) is 0 Å². The van der Waals surface area contributed by atoms with Crippen LogP contribution in [0.2, 0.25) is 0 Å². The number of carbonyl (C=O) groups is 1. The van der Waals surface area contributed by atoms with Crippen LogP contribution in [0.15, 0.2) is 33.5 Å². The molecule has 2 aliphatic heterocycles. The summed E-state index contributed by atoms with van der Waals surface area (Å²) in [5.74, 6) is 0.271. The molecule has 0 saturated carbocycles. The van der Waals surface area contributed by atoms with E-state index in [-0.39, 0.29) is 40.6 Å². The maximum atomic E-state index is 12.8. The Morgan fingerprint density at radius 1 is 1.09 bits per heavy atom. The van der Waals surface area contributed by atoms with Crippen molar-refractivity contribution in [3.05, 3.63) is 40.2 Å². The molecular formula is C22H20O11. The van der Waals surface area contributed by atoms with Crippen LogP contribution in [0.3, 0.4) is 0 Å². The van der Waals surface area contributed by atoms with Crippen LogP contribution < -0.4 is 19.8 Å². The molecule has 11 heteroatoms. The molecule has 0 spiro atoms. The van der Waals surface area contributed by atoms with E-state index in [0.717, 1.165) is 0 Å². The van der Waals surface area contributed by atoms with Gasteiger partial charge in [-0.1, -0.05) is 0 Å². The first kappa shape index (κ1) is 21.6. The Bertz CT molecular complexity index is 1310. The highest BCUT2D eigenvalue weighted by Crippen LogP contribution is 2.41. The van der Waals surface area contributed by atoms with Gasteiger partial charge in [0.25, 0.3) is 0 Å². The van der Waals surface area contributed by atoms with E-state index in [2.05, 4.69) is 0 Å². The van der Waals surface area contributed by atoms with Gasteiger partial charge in [0.2, 0.25) is 13.1 Å². The Morgan fingerprint density at radius 2 is 1.88 bits per heavy atom. The number of aliphatic hydroxyl groups excluding tert-OH is 4. The van der Waals surface area contributed by atoms with Crippen LogP contribution in [0.25, 0.3) is 21.7 Å². The zero-order valence-corrected chi connectivity index (χ0v) is 17.3. The Kier molecular flexibility index (Phi) is 5.22. The average Bonchev–Trinajstić information content (AvgIpc) is 3.27. The zero-order chi connectivity index (χ0) is 23.4. The molecular weight excluding hydrogens is 440 g/mol. The lowest BCUT2D eigenvalue weighted by molar-refractivity contribution is -0.277. The van der Waals surface area contributed by atoms with Gasteiger partial charge in [-0.2, -0.15) is 0 Å². The van der Waals surface area contributed by atoms with Gasteiger partial charge in [0.1, 0.15) is 41.1 Å². The van der Waals surface area contributed by atoms with Crippen LogP contribution in [0, 0.1) is 0 Å². The molecule has 1 aromatic heterocycles. The minimum atomic E-state index is -1.65. The van der Waals surface area contributed by atoms with Crippen LogP contribution in [0.4, 0.5) is 0 Å². The summed E-state index contributed by atoms with van der Waals surface area (Å²) in [6, 6.07) is 5.99. The van der Waals surface area contributed by atoms with Crippen LogP contribution in [0.5, 0.6) is 17.2 Å². The number of ketones is 1. The molecule has 0 radical (unpaired) electrons. The summed E-state index contributed by atoms with van der Waals surface area (Å²) in [7, 11) is 0. The number of carbonyl (C=O) groups excluding carboxylic acids is 1. The third-order valence-corrected chi connectivity index (χ3v) is 5.77. The van der Waals surface area contributed by atoms with Gasteiger partial charge >= 0.3 is 5.63 Å². The van der Waals surface area contributed by atoms with Gasteiger partial charge in [0, 0.05) is 22.4 Å². The molecule has 2 aliphatic rings. The average molecular weight is 460 g/mol. The molecule has 174 valence electrons. The summed E-state index contributed by atoms with van der Waals surface area (Å²) < 4.78 is 27.2. The molecule has 11 nitrogen and oxygen atoms in total. The van der Waals surface area contributed by atoms with E-state index in [9.17, 15) is 30.0 Å². The summed E-state index contributed by atoms with van der Waals surface area (Å²) >= 11 is 0. The van der Waals surface area contributed by atoms with Crippen molar-refractivity contribution in [3.63, 3.8) is 0 Å². The maximum absolute atomic E-state index is 12.8. The fourth-order valence-electron chi connectivity index (χ4n) is 4.13. The van der Waals surface area contributed by atoms with Crippen molar-refractivity contribution in [2.75, 3.05) is 13.4 Å². The molecule has 5 atom stereocenters. The second-order valence-electron chi connectivity index (χ2n) is 7.83. The minimum absolute atomic E-state index is 0.000253. The van der Waals surface area contributed by atoms with Gasteiger partial charge in [0.15, 0.2) is 17.3 Å². The van der Waals surface area contributed by atoms with Crippen LogP contribution in [-0.2, 0) is 4.74 Å². The SMILES string of the molecule is CC(=O)c1cc(O[C@@H]2O[C@H](CO)[C@@H](O)[C@H](O)[C@H]2O)cc2oc(=O)c3c4c(ccc3c12)OCO4. The standard InChI is InChI=1S/C22H20O11/c1-8(24)11-4-9(31-22-19(27)18(26)17(25)14(6-23)33-22)5-13-15(11)10-2-3-12-20(30-7-29-12)16(10)21(28)32-13/h2-5,14,17-19,22-23,25-27H,6-7H2,1H3/t14-,17-,18+,19-,22-/m1/s1. The zero-order valence-electron chi connectivity index (χ0n) is 17.3. The van der Waals surface area contributed by atoms with Gasteiger partial charge in [-0.15, -0.1) is 0 Å². The van der Waals surface area contributed by atoms with Gasteiger partial charge in [-0.05, 0) is 25.1 Å². The van der Waals surface area contributed by atoms with E-state index in [1.54, 1.807) is 12.1 Å². The van der Waals surface area contributed by atoms with E-state index in [4.69, 9.17) is 23.4 Å². The fraction of sp³-hybridized carbons (Fsp3) is 0.364. The number of Topliss-reactive ketones (excluding diaryl/α,β-unsaturated/α-hetero) is 1. The van der Waals surface area contributed by atoms with Crippen molar-refractivity contribution < 1.29 is 48.6 Å². The number of hydrogen-bond acceptors (Lipinski definition) is 11. The van der Waals surface area contributed by atoms with E-state index in [1.165, 1.54) is 19.1 Å². The number of aliphatic hydroxyl groups is 4. The highest BCUT2D eigenvalue weighted by atomic mass is 16.7. The molecule has 3 aromatic rings. The summed E-state index contributed by atoms with van der Waals surface area (Å²) in [6.45, 7) is 0.659. The first-order valence-electron chi connectivity index (χ1n) is 10.1. The second-order valence-corrected chi connectivity index (χ2v) is 7.83. The van der Waals surface area contributed by atoms with Crippen molar-refractivity contribution in [2.24, 2.45) is 0 Å². The number of fused-ring (bicyclic) bond motifs is 5. The molecule has 4 N–H and O–H groups in total. The smallest absolute Gasteiger partial charge is 0.348 e. The van der Waals surface area contributed by atoms with Crippen molar-refractivity contribution in [2.45, 2.75) is 37.6 Å². The predicted octanol–water partition coefficient (Wildman–Crippen LogP) is 0.0562. The van der Waals surface area contributed by atoms with Gasteiger partial charge in [0.05, 0.1) is 6.61 Å². The van der Waals surface area contributed by atoms with Crippen LogP contribution in [0.1, 0.15) is 17.3 Å². The number of benzene rings is 2. The van der Waals surface area contributed by atoms with E-state index in [0.29, 0.717) is 16.5 Å². The Hall–Kier alpha value is -3.22. The summed E-state index contributed by atoms with van der Waals surface area (Å²) in [6.07, 6.45) is -7.49. The number of ether oxygens (including phenoxy) is 4. The van der Waals surface area contributed by atoms with Gasteiger partial charge in [-0.3, -0.25) is 4.79 Å². The quantitative estimate of drug-likeness (QED) is 0.236. The molecule has 0 amide bonds. The van der Waals surface area contributed by atoms with E-state index >= 15 is 0 Å². The van der Waals surface area contributed by atoms with E-state index < -0.39 is 42.9 Å². The summed E-state index contributed by atoms with van der Waals surface area (Å²) in [5, 5.41) is 40.4. The predicted molar refractivity (Wildman–Crippen MR) is 111 cm³/mol. The first-order valence-corrected chi connectivity index (χ1v) is 10.1. The molecule has 1 fully saturated rings. The third kappa shape index (κ3) is 3.41. The lowest BCUT2D eigenvalue weighted by Gasteiger charge is -2.39. The van der Waals surface area contributed by atoms with Crippen molar-refractivity contribution >= 4 is 27.5 Å². The topological polar surface area (TPSA) is 165 Å². The first-order chi connectivity index (χ1) is 15.8. The molecule has 33 heavy (non-hydrogen) atoms. The molecule has 5 rings (SSSR count). The number of rotatable bonds is 4. The molecule has 0 aliphatic carbocycles. The molecule has 0 bridgehead atoms. The largest absolute Gasteiger partial charge is 0.462 e. The van der Waals surface area contributed by atoms with Crippen LogP contribution >= 0.6 is 0 Å². The monoisotopic (exact) mass is 460 g/mol. The highest BCUT2D eigenvalue weighted by molar-refractivity contribution is 6.17. The Morgan fingerprint density at radius 3 is 2.61 bits per heavy atom. The van der Waals surface area contributed by atoms with Gasteiger partial charge in [-0.25, -0.2) is 4.79 Å². The lowest BCUT2D eigenvalue weighted by atomic mass is 9.98.